The smallest absolute Gasteiger partial charge is 0.314 e. The van der Waals surface area contributed by atoms with Gasteiger partial charge in [-0.05, 0) is 26.0 Å². The van der Waals surface area contributed by atoms with Gasteiger partial charge in [-0.15, -0.1) is 0 Å². The van der Waals surface area contributed by atoms with Gasteiger partial charge in [0, 0.05) is 6.54 Å². The number of quaternary nitrogens is 1. The van der Waals surface area contributed by atoms with Gasteiger partial charge in [0.1, 0.15) is 11.5 Å². The summed E-state index contributed by atoms with van der Waals surface area (Å²) in [6.07, 6.45) is 0. The summed E-state index contributed by atoms with van der Waals surface area (Å²) in [6, 6.07) is 8.40. The fourth-order valence-electron chi connectivity index (χ4n) is 1.81. The fourth-order valence-corrected chi connectivity index (χ4v) is 2.84. The Balaban J connectivity index is 2.49. The van der Waals surface area contributed by atoms with Crippen LogP contribution in [-0.4, -0.2) is 46.3 Å². The third-order valence-electron chi connectivity index (χ3n) is 2.96. The zero-order valence-corrected chi connectivity index (χ0v) is 13.3. The average molecular weight is 315 g/mol. The van der Waals surface area contributed by atoms with Crippen LogP contribution in [0.15, 0.2) is 30.3 Å². The summed E-state index contributed by atoms with van der Waals surface area (Å²) in [4.78, 5) is 12.4. The van der Waals surface area contributed by atoms with Gasteiger partial charge in [0.05, 0.1) is 13.1 Å². The van der Waals surface area contributed by atoms with Gasteiger partial charge in [-0.1, -0.05) is 18.2 Å². The van der Waals surface area contributed by atoms with Crippen LogP contribution in [0.2, 0.25) is 0 Å². The van der Waals surface area contributed by atoms with Crippen LogP contribution < -0.4 is 14.4 Å². The molecule has 0 spiro atoms. The van der Waals surface area contributed by atoms with E-state index in [-0.39, 0.29) is 18.2 Å². The molecule has 0 bridgehead atoms. The number of carbonyl (C=O) groups is 1. The monoisotopic (exact) mass is 315 g/mol. The molecule has 6 nitrogen and oxygen atoms in total. The van der Waals surface area contributed by atoms with Gasteiger partial charge in [-0.2, -0.15) is 8.42 Å². The average Bonchev–Trinajstić information content (AvgIpc) is 2.44. The van der Waals surface area contributed by atoms with Crippen LogP contribution in [-0.2, 0) is 14.9 Å². The fraction of sp³-hybridized carbons (Fsp3) is 0.500. The Morgan fingerprint density at radius 3 is 2.48 bits per heavy atom. The minimum Gasteiger partial charge on any atom is -0.382 e. The topological polar surface area (TPSA) is 76.9 Å². The van der Waals surface area contributed by atoms with Crippen LogP contribution in [0.4, 0.5) is 0 Å². The normalized spacial score (nSPS) is 12.7. The number of amides is 1. The predicted octanol–water partition coefficient (Wildman–Crippen LogP) is -0.564. The number of hydrogen-bond donors (Lipinski definition) is 2. The molecule has 0 aliphatic heterocycles. The molecule has 0 heterocycles. The summed E-state index contributed by atoms with van der Waals surface area (Å²) in [5.41, 5.74) is 0. The molecular formula is C14H23N2O4S+. The molecule has 0 aliphatic rings. The van der Waals surface area contributed by atoms with Crippen molar-refractivity contribution in [3.8, 4) is 5.75 Å². The van der Waals surface area contributed by atoms with E-state index in [4.69, 9.17) is 4.18 Å². The number of para-hydroxylation sites is 1. The first-order chi connectivity index (χ1) is 9.96. The summed E-state index contributed by atoms with van der Waals surface area (Å²) in [6.45, 7) is 5.62. The molecule has 0 aromatic heterocycles. The highest BCUT2D eigenvalue weighted by Gasteiger charge is 2.19. The highest BCUT2D eigenvalue weighted by atomic mass is 32.2. The van der Waals surface area contributed by atoms with E-state index in [1.54, 1.807) is 30.3 Å². The Morgan fingerprint density at radius 2 is 1.90 bits per heavy atom. The van der Waals surface area contributed by atoms with E-state index < -0.39 is 10.1 Å². The molecule has 1 aromatic carbocycles. The van der Waals surface area contributed by atoms with Crippen LogP contribution in [0.5, 0.6) is 5.75 Å². The maximum Gasteiger partial charge on any atom is 0.314 e. The molecule has 2 N–H and O–H groups in total. The van der Waals surface area contributed by atoms with Crippen molar-refractivity contribution in [2.75, 3.05) is 31.9 Å². The van der Waals surface area contributed by atoms with E-state index >= 15 is 0 Å². The van der Waals surface area contributed by atoms with E-state index in [2.05, 4.69) is 5.32 Å². The van der Waals surface area contributed by atoms with E-state index in [9.17, 15) is 13.2 Å². The number of carbonyl (C=O) groups excluding carboxylic acids is 1. The molecule has 1 aromatic rings. The lowest BCUT2D eigenvalue weighted by molar-refractivity contribution is -0.887. The van der Waals surface area contributed by atoms with Gasteiger partial charge in [0.15, 0.2) is 6.54 Å². The van der Waals surface area contributed by atoms with Gasteiger partial charge in [0.25, 0.3) is 5.91 Å². The summed E-state index contributed by atoms with van der Waals surface area (Å²) in [5.74, 6) is 0.111. The van der Waals surface area contributed by atoms with Crippen molar-refractivity contribution in [2.24, 2.45) is 0 Å². The maximum atomic E-state index is 11.9. The third-order valence-corrected chi connectivity index (χ3v) is 4.11. The number of benzene rings is 1. The van der Waals surface area contributed by atoms with Crippen molar-refractivity contribution < 1.29 is 22.3 Å². The first-order valence-electron chi connectivity index (χ1n) is 7.04. The van der Waals surface area contributed by atoms with Crippen molar-refractivity contribution in [3.63, 3.8) is 0 Å². The zero-order valence-electron chi connectivity index (χ0n) is 12.5. The minimum atomic E-state index is -3.64. The Hall–Kier alpha value is -1.60. The second kappa shape index (κ2) is 8.63. The van der Waals surface area contributed by atoms with Crippen LogP contribution in [0.3, 0.4) is 0 Å². The molecule has 7 heteroatoms. The Labute approximate surface area is 126 Å². The van der Waals surface area contributed by atoms with Gasteiger partial charge in [0.2, 0.25) is 0 Å². The third kappa shape index (κ3) is 7.10. The molecule has 1 amide bonds. The molecule has 118 valence electrons. The van der Waals surface area contributed by atoms with Crippen molar-refractivity contribution >= 4 is 16.0 Å². The second-order valence-corrected chi connectivity index (χ2v) is 6.33. The Kier molecular flexibility index (Phi) is 7.18. The molecule has 0 radical (unpaired) electrons. The van der Waals surface area contributed by atoms with Gasteiger partial charge in [-0.25, -0.2) is 0 Å². The standard InChI is InChI=1S/C14H22N2O4S/c1-3-15-14(17)12-16(4-2)10-11-21(18,19)20-13-8-6-5-7-9-13/h5-9H,3-4,10-12H2,1-2H3,(H,15,17)/p+1. The summed E-state index contributed by atoms with van der Waals surface area (Å²) < 4.78 is 28.8. The minimum absolute atomic E-state index is 0.0734. The summed E-state index contributed by atoms with van der Waals surface area (Å²) in [5, 5.41) is 2.71. The Morgan fingerprint density at radius 1 is 1.24 bits per heavy atom. The second-order valence-electron chi connectivity index (χ2n) is 4.64. The van der Waals surface area contributed by atoms with Crippen LogP contribution in [0.1, 0.15) is 13.8 Å². The van der Waals surface area contributed by atoms with Gasteiger partial charge in [-0.3, -0.25) is 4.79 Å². The first-order valence-corrected chi connectivity index (χ1v) is 8.62. The molecule has 1 atom stereocenters. The molecule has 0 saturated heterocycles. The number of hydrogen-bond acceptors (Lipinski definition) is 4. The van der Waals surface area contributed by atoms with E-state index in [1.807, 2.05) is 13.8 Å². The van der Waals surface area contributed by atoms with Crippen LogP contribution in [0, 0.1) is 0 Å². The molecule has 0 aliphatic carbocycles. The largest absolute Gasteiger partial charge is 0.382 e. The van der Waals surface area contributed by atoms with Gasteiger partial charge < -0.3 is 14.4 Å². The predicted molar refractivity (Wildman–Crippen MR) is 80.8 cm³/mol. The molecule has 0 fully saturated rings. The first kappa shape index (κ1) is 17.5. The lowest BCUT2D eigenvalue weighted by Crippen LogP contribution is -3.13. The van der Waals surface area contributed by atoms with Crippen LogP contribution in [0.25, 0.3) is 0 Å². The lowest BCUT2D eigenvalue weighted by Gasteiger charge is -2.17. The highest BCUT2D eigenvalue weighted by Crippen LogP contribution is 2.11. The molecule has 1 unspecified atom stereocenters. The summed E-state index contributed by atoms with van der Waals surface area (Å²) >= 11 is 0. The maximum absolute atomic E-state index is 11.9. The SMILES string of the molecule is CCNC(=O)C[NH+](CC)CCS(=O)(=O)Oc1ccccc1. The van der Waals surface area contributed by atoms with Crippen LogP contribution >= 0.6 is 0 Å². The molecular weight excluding hydrogens is 292 g/mol. The summed E-state index contributed by atoms with van der Waals surface area (Å²) in [7, 11) is -3.64. The zero-order chi connectivity index (χ0) is 15.7. The van der Waals surface area contributed by atoms with Crippen molar-refractivity contribution in [2.45, 2.75) is 13.8 Å². The number of nitrogens with one attached hydrogen (secondary N) is 2. The highest BCUT2D eigenvalue weighted by molar-refractivity contribution is 7.87. The van der Waals surface area contributed by atoms with Crippen molar-refractivity contribution in [3.05, 3.63) is 30.3 Å². The van der Waals surface area contributed by atoms with Gasteiger partial charge >= 0.3 is 10.1 Å². The number of rotatable bonds is 9. The quantitative estimate of drug-likeness (QED) is 0.599. The molecule has 21 heavy (non-hydrogen) atoms. The van der Waals surface area contributed by atoms with E-state index in [1.165, 1.54) is 0 Å². The lowest BCUT2D eigenvalue weighted by atomic mass is 10.3. The molecule has 0 saturated carbocycles. The van der Waals surface area contributed by atoms with Crippen molar-refractivity contribution in [1.29, 1.82) is 0 Å². The van der Waals surface area contributed by atoms with Crippen molar-refractivity contribution in [1.82, 2.24) is 5.32 Å². The number of likely N-dealkylation sites (N-methyl/N-ethyl adjacent to an activating group) is 2. The molecule has 1 rings (SSSR count). The van der Waals surface area contributed by atoms with E-state index in [0.717, 1.165) is 4.90 Å². The Bertz CT molecular complexity index is 531. The van der Waals surface area contributed by atoms with E-state index in [0.29, 0.717) is 25.4 Å².